The molecule has 0 aliphatic carbocycles. The Morgan fingerprint density at radius 2 is 1.14 bits per heavy atom. The van der Waals surface area contributed by atoms with Crippen LogP contribution in [0.15, 0.2) is 24.3 Å². The standard InChI is InChI=1S/C31H59NO4/c1-3-5-7-9-11-13-15-17-19-21-23-25-29(34)31(36)28(27-33)32-30(35)26-24-22-20-18-16-14-12-10-8-6-4-2/h9,11,17,19,28-29,31,33-34,36H,3-8,10,12-16,18,20-27H2,1-2H3,(H,32,35)/b11-9+,19-17+. The van der Waals surface area contributed by atoms with Crippen LogP contribution in [-0.4, -0.2) is 46.1 Å². The number of hydrogen-bond donors (Lipinski definition) is 4. The number of amides is 1. The van der Waals surface area contributed by atoms with E-state index in [1.54, 1.807) is 0 Å². The van der Waals surface area contributed by atoms with Crippen LogP contribution >= 0.6 is 0 Å². The third kappa shape index (κ3) is 22.1. The number of aliphatic hydroxyl groups is 3. The molecule has 5 nitrogen and oxygen atoms in total. The van der Waals surface area contributed by atoms with Crippen LogP contribution in [0.2, 0.25) is 0 Å². The molecule has 0 heterocycles. The Balaban J connectivity index is 3.85. The van der Waals surface area contributed by atoms with Gasteiger partial charge in [0.05, 0.1) is 18.8 Å². The van der Waals surface area contributed by atoms with Gasteiger partial charge in [0, 0.05) is 6.42 Å². The molecule has 0 saturated heterocycles. The molecule has 3 unspecified atom stereocenters. The van der Waals surface area contributed by atoms with E-state index in [1.165, 1.54) is 64.2 Å². The average molecular weight is 510 g/mol. The number of allylic oxidation sites excluding steroid dienone is 4. The molecule has 0 saturated carbocycles. The number of unbranched alkanes of at least 4 members (excludes halogenated alkanes) is 14. The first kappa shape index (κ1) is 34.8. The zero-order valence-electron chi connectivity index (χ0n) is 23.6. The van der Waals surface area contributed by atoms with E-state index >= 15 is 0 Å². The molecule has 5 heteroatoms. The third-order valence-corrected chi connectivity index (χ3v) is 6.79. The number of carbonyl (C=O) groups excluding carboxylic acids is 1. The highest BCUT2D eigenvalue weighted by Gasteiger charge is 2.26. The average Bonchev–Trinajstić information content (AvgIpc) is 2.88. The quantitative estimate of drug-likeness (QED) is 0.0737. The molecular formula is C31H59NO4. The summed E-state index contributed by atoms with van der Waals surface area (Å²) in [6.07, 6.45) is 28.3. The molecule has 0 rings (SSSR count). The zero-order chi connectivity index (χ0) is 26.7. The second-order valence-electron chi connectivity index (χ2n) is 10.3. The minimum Gasteiger partial charge on any atom is -0.394 e. The molecule has 0 spiro atoms. The Labute approximate surface area is 222 Å². The molecule has 0 aromatic heterocycles. The maximum Gasteiger partial charge on any atom is 0.220 e. The summed E-state index contributed by atoms with van der Waals surface area (Å²) in [7, 11) is 0. The first-order valence-electron chi connectivity index (χ1n) is 15.1. The summed E-state index contributed by atoms with van der Waals surface area (Å²) in [5.74, 6) is -0.164. The minimum atomic E-state index is -1.16. The maximum absolute atomic E-state index is 12.2. The van der Waals surface area contributed by atoms with E-state index in [0.29, 0.717) is 12.8 Å². The van der Waals surface area contributed by atoms with Crippen molar-refractivity contribution in [3.8, 4) is 0 Å². The molecule has 212 valence electrons. The number of aliphatic hydroxyl groups excluding tert-OH is 3. The molecule has 0 aliphatic rings. The number of rotatable bonds is 26. The predicted octanol–water partition coefficient (Wildman–Crippen LogP) is 7.14. The van der Waals surface area contributed by atoms with Crippen molar-refractivity contribution >= 4 is 5.91 Å². The van der Waals surface area contributed by atoms with Gasteiger partial charge in [0.15, 0.2) is 0 Å². The van der Waals surface area contributed by atoms with Gasteiger partial charge < -0.3 is 20.6 Å². The van der Waals surface area contributed by atoms with E-state index in [4.69, 9.17) is 0 Å². The molecule has 0 aromatic carbocycles. The second-order valence-corrected chi connectivity index (χ2v) is 10.3. The normalized spacial score (nSPS) is 14.5. The van der Waals surface area contributed by atoms with E-state index in [-0.39, 0.29) is 12.5 Å². The molecular weight excluding hydrogens is 450 g/mol. The molecule has 0 fully saturated rings. The molecule has 0 aromatic rings. The molecule has 0 bridgehead atoms. The first-order valence-corrected chi connectivity index (χ1v) is 15.1. The van der Waals surface area contributed by atoms with Gasteiger partial charge >= 0.3 is 0 Å². The Kier molecular flexibility index (Phi) is 26.0. The molecule has 0 radical (unpaired) electrons. The number of nitrogens with one attached hydrogen (secondary N) is 1. The van der Waals surface area contributed by atoms with Crippen LogP contribution in [-0.2, 0) is 4.79 Å². The van der Waals surface area contributed by atoms with Gasteiger partial charge in [-0.05, 0) is 44.9 Å². The highest BCUT2D eigenvalue weighted by molar-refractivity contribution is 5.76. The van der Waals surface area contributed by atoms with Crippen molar-refractivity contribution in [2.75, 3.05) is 6.61 Å². The lowest BCUT2D eigenvalue weighted by Crippen LogP contribution is -2.50. The maximum atomic E-state index is 12.2. The van der Waals surface area contributed by atoms with Crippen molar-refractivity contribution in [2.45, 2.75) is 161 Å². The molecule has 36 heavy (non-hydrogen) atoms. The van der Waals surface area contributed by atoms with Gasteiger partial charge in [-0.3, -0.25) is 4.79 Å². The van der Waals surface area contributed by atoms with Crippen LogP contribution < -0.4 is 5.32 Å². The topological polar surface area (TPSA) is 89.8 Å². The van der Waals surface area contributed by atoms with Crippen LogP contribution in [0.25, 0.3) is 0 Å². The van der Waals surface area contributed by atoms with Gasteiger partial charge in [-0.2, -0.15) is 0 Å². The molecule has 3 atom stereocenters. The summed E-state index contributed by atoms with van der Waals surface area (Å²) in [6, 6.07) is -0.824. The molecule has 0 aliphatic heterocycles. The smallest absolute Gasteiger partial charge is 0.220 e. The van der Waals surface area contributed by atoms with E-state index in [2.05, 4.69) is 43.5 Å². The van der Waals surface area contributed by atoms with Crippen LogP contribution in [0.3, 0.4) is 0 Å². The summed E-state index contributed by atoms with van der Waals surface area (Å²) in [5, 5.41) is 33.0. The van der Waals surface area contributed by atoms with Crippen LogP contribution in [0.4, 0.5) is 0 Å². The van der Waals surface area contributed by atoms with Crippen molar-refractivity contribution in [2.24, 2.45) is 0 Å². The van der Waals surface area contributed by atoms with Crippen molar-refractivity contribution < 1.29 is 20.1 Å². The first-order chi connectivity index (χ1) is 17.6. The van der Waals surface area contributed by atoms with Gasteiger partial charge in [0.2, 0.25) is 5.91 Å². The summed E-state index contributed by atoms with van der Waals surface area (Å²) >= 11 is 0. The van der Waals surface area contributed by atoms with Gasteiger partial charge in [-0.25, -0.2) is 0 Å². The fourth-order valence-corrected chi connectivity index (χ4v) is 4.34. The fourth-order valence-electron chi connectivity index (χ4n) is 4.34. The van der Waals surface area contributed by atoms with Crippen LogP contribution in [0.1, 0.15) is 142 Å². The van der Waals surface area contributed by atoms with Gasteiger partial charge in [0.1, 0.15) is 6.10 Å². The largest absolute Gasteiger partial charge is 0.394 e. The number of hydrogen-bond acceptors (Lipinski definition) is 4. The highest BCUT2D eigenvalue weighted by Crippen LogP contribution is 2.13. The van der Waals surface area contributed by atoms with Gasteiger partial charge in [0.25, 0.3) is 0 Å². The Hall–Kier alpha value is -1.17. The highest BCUT2D eigenvalue weighted by atomic mass is 16.3. The van der Waals surface area contributed by atoms with Crippen molar-refractivity contribution in [1.29, 1.82) is 0 Å². The van der Waals surface area contributed by atoms with E-state index in [0.717, 1.165) is 51.4 Å². The lowest BCUT2D eigenvalue weighted by Gasteiger charge is -2.26. The summed E-state index contributed by atoms with van der Waals surface area (Å²) in [5.41, 5.74) is 0. The van der Waals surface area contributed by atoms with E-state index < -0.39 is 18.2 Å². The Morgan fingerprint density at radius 3 is 1.67 bits per heavy atom. The van der Waals surface area contributed by atoms with Crippen LogP contribution in [0.5, 0.6) is 0 Å². The monoisotopic (exact) mass is 509 g/mol. The van der Waals surface area contributed by atoms with E-state index in [1.807, 2.05) is 0 Å². The van der Waals surface area contributed by atoms with Crippen molar-refractivity contribution in [1.82, 2.24) is 5.32 Å². The second kappa shape index (κ2) is 26.9. The van der Waals surface area contributed by atoms with Gasteiger partial charge in [-0.1, -0.05) is 115 Å². The molecule has 1 amide bonds. The molecule has 4 N–H and O–H groups in total. The predicted molar refractivity (Wildman–Crippen MR) is 153 cm³/mol. The Bertz CT molecular complexity index is 535. The Morgan fingerprint density at radius 1 is 0.667 bits per heavy atom. The number of carbonyl (C=O) groups is 1. The van der Waals surface area contributed by atoms with Crippen molar-refractivity contribution in [3.05, 3.63) is 24.3 Å². The lowest BCUT2D eigenvalue weighted by atomic mass is 10.0. The van der Waals surface area contributed by atoms with Crippen molar-refractivity contribution in [3.63, 3.8) is 0 Å². The zero-order valence-corrected chi connectivity index (χ0v) is 23.6. The third-order valence-electron chi connectivity index (χ3n) is 6.79. The summed E-state index contributed by atoms with van der Waals surface area (Å²) in [6.45, 7) is 4.06. The SMILES string of the molecule is CCCC/C=C/CC/C=C/CCCC(O)C(O)C(CO)NC(=O)CCCCCCCCCCCCC. The summed E-state index contributed by atoms with van der Waals surface area (Å²) < 4.78 is 0. The minimum absolute atomic E-state index is 0.164. The summed E-state index contributed by atoms with van der Waals surface area (Å²) in [4.78, 5) is 12.2. The van der Waals surface area contributed by atoms with E-state index in [9.17, 15) is 20.1 Å². The van der Waals surface area contributed by atoms with Crippen LogP contribution in [0, 0.1) is 0 Å². The fraction of sp³-hybridized carbons (Fsp3) is 0.839. The lowest BCUT2D eigenvalue weighted by molar-refractivity contribution is -0.124. The van der Waals surface area contributed by atoms with Gasteiger partial charge in [-0.15, -0.1) is 0 Å².